The molecule has 1 aromatic carbocycles. The standard InChI is InChI=1S/C15H23N3O5S.ClH/c1-11-5-3-4-8-15(11,10-16)17-24(21,22)14-7-6-12(23-2)9-13(14)18(19)20;/h6-7,9,11,17H,3-5,8,10,16H2,1-2H3;1H. The SMILES string of the molecule is COc1ccc(S(=O)(=O)NC2(CN)CCCCC2C)c([N+](=O)[O-])c1.Cl. The largest absolute Gasteiger partial charge is 0.497 e. The summed E-state index contributed by atoms with van der Waals surface area (Å²) in [4.78, 5) is 10.2. The monoisotopic (exact) mass is 393 g/mol. The van der Waals surface area contributed by atoms with Gasteiger partial charge in [0.25, 0.3) is 5.69 Å². The molecule has 0 aromatic heterocycles. The van der Waals surface area contributed by atoms with E-state index in [-0.39, 0.29) is 35.5 Å². The lowest BCUT2D eigenvalue weighted by Gasteiger charge is -2.42. The van der Waals surface area contributed by atoms with Crippen LogP contribution >= 0.6 is 12.4 Å². The van der Waals surface area contributed by atoms with Gasteiger partial charge in [0.1, 0.15) is 5.75 Å². The van der Waals surface area contributed by atoms with Crippen molar-refractivity contribution in [1.29, 1.82) is 0 Å². The zero-order valence-corrected chi connectivity index (χ0v) is 15.9. The molecule has 0 spiro atoms. The van der Waals surface area contributed by atoms with E-state index in [0.29, 0.717) is 6.42 Å². The van der Waals surface area contributed by atoms with Crippen molar-refractivity contribution in [1.82, 2.24) is 4.72 Å². The first-order chi connectivity index (χ1) is 11.3. The van der Waals surface area contributed by atoms with Crippen molar-refractivity contribution in [2.75, 3.05) is 13.7 Å². The van der Waals surface area contributed by atoms with Gasteiger partial charge in [-0.05, 0) is 30.9 Å². The van der Waals surface area contributed by atoms with Crippen molar-refractivity contribution in [3.63, 3.8) is 0 Å². The van der Waals surface area contributed by atoms with E-state index in [4.69, 9.17) is 10.5 Å². The van der Waals surface area contributed by atoms with Crippen molar-refractivity contribution in [3.8, 4) is 5.75 Å². The number of nitrogens with two attached hydrogens (primary N) is 1. The first kappa shape index (κ1) is 21.6. The lowest BCUT2D eigenvalue weighted by Crippen LogP contribution is -2.58. The predicted molar refractivity (Wildman–Crippen MR) is 96.6 cm³/mol. The fraction of sp³-hybridized carbons (Fsp3) is 0.600. The fourth-order valence-corrected chi connectivity index (χ4v) is 4.91. The first-order valence-corrected chi connectivity index (χ1v) is 9.30. The molecule has 1 aromatic rings. The number of nitrogens with zero attached hydrogens (tertiary/aromatic N) is 1. The Bertz CT molecular complexity index is 728. The van der Waals surface area contributed by atoms with Crippen molar-refractivity contribution in [2.45, 2.75) is 43.0 Å². The van der Waals surface area contributed by atoms with Crippen LogP contribution in [0, 0.1) is 16.0 Å². The minimum atomic E-state index is -4.09. The zero-order chi connectivity index (χ0) is 18.0. The summed E-state index contributed by atoms with van der Waals surface area (Å²) in [6, 6.07) is 3.69. The highest BCUT2D eigenvalue weighted by Crippen LogP contribution is 2.36. The summed E-state index contributed by atoms with van der Waals surface area (Å²) in [6.07, 6.45) is 3.38. The minimum Gasteiger partial charge on any atom is -0.497 e. The van der Waals surface area contributed by atoms with Gasteiger partial charge in [0.15, 0.2) is 4.90 Å². The molecule has 3 N–H and O–H groups in total. The highest BCUT2D eigenvalue weighted by molar-refractivity contribution is 7.89. The van der Waals surface area contributed by atoms with Gasteiger partial charge in [-0.2, -0.15) is 0 Å². The molecule has 0 amide bonds. The number of nitro benzene ring substituents is 1. The van der Waals surface area contributed by atoms with Crippen LogP contribution in [0.15, 0.2) is 23.1 Å². The maximum absolute atomic E-state index is 12.8. The van der Waals surface area contributed by atoms with Crippen LogP contribution in [0.1, 0.15) is 32.6 Å². The summed E-state index contributed by atoms with van der Waals surface area (Å²) in [5, 5.41) is 11.3. The van der Waals surface area contributed by atoms with Gasteiger partial charge in [-0.1, -0.05) is 19.8 Å². The zero-order valence-electron chi connectivity index (χ0n) is 14.2. The third-order valence-electron chi connectivity index (χ3n) is 4.81. The molecule has 1 aliphatic carbocycles. The highest BCUT2D eigenvalue weighted by atomic mass is 35.5. The van der Waals surface area contributed by atoms with Crippen LogP contribution in [0.2, 0.25) is 0 Å². The van der Waals surface area contributed by atoms with Gasteiger partial charge >= 0.3 is 0 Å². The van der Waals surface area contributed by atoms with Crippen LogP contribution in [-0.4, -0.2) is 32.5 Å². The number of benzene rings is 1. The van der Waals surface area contributed by atoms with Gasteiger partial charge in [-0.25, -0.2) is 13.1 Å². The first-order valence-electron chi connectivity index (χ1n) is 7.82. The molecule has 0 saturated heterocycles. The van der Waals surface area contributed by atoms with Crippen LogP contribution in [0.5, 0.6) is 5.75 Å². The Balaban J connectivity index is 0.00000312. The second-order valence-electron chi connectivity index (χ2n) is 6.20. The Kier molecular flexibility index (Phi) is 7.18. The fourth-order valence-electron chi connectivity index (χ4n) is 3.23. The molecule has 1 saturated carbocycles. The van der Waals surface area contributed by atoms with E-state index >= 15 is 0 Å². The summed E-state index contributed by atoms with van der Waals surface area (Å²) >= 11 is 0. The van der Waals surface area contributed by atoms with Crippen LogP contribution < -0.4 is 15.2 Å². The number of rotatable bonds is 6. The molecule has 2 atom stereocenters. The number of methoxy groups -OCH3 is 1. The van der Waals surface area contributed by atoms with Gasteiger partial charge in [0.05, 0.1) is 18.1 Å². The van der Waals surface area contributed by atoms with Crippen LogP contribution in [-0.2, 0) is 10.0 Å². The van der Waals surface area contributed by atoms with Crippen LogP contribution in [0.3, 0.4) is 0 Å². The Morgan fingerprint density at radius 2 is 2.12 bits per heavy atom. The van der Waals surface area contributed by atoms with Gasteiger partial charge in [0.2, 0.25) is 10.0 Å². The normalized spacial score (nSPS) is 23.6. The second-order valence-corrected chi connectivity index (χ2v) is 7.85. The minimum absolute atomic E-state index is 0. The Morgan fingerprint density at radius 3 is 2.64 bits per heavy atom. The smallest absolute Gasteiger partial charge is 0.293 e. The van der Waals surface area contributed by atoms with Crippen molar-refractivity contribution >= 4 is 28.1 Å². The van der Waals surface area contributed by atoms with E-state index in [9.17, 15) is 18.5 Å². The van der Waals surface area contributed by atoms with E-state index in [1.54, 1.807) is 0 Å². The highest BCUT2D eigenvalue weighted by Gasteiger charge is 2.42. The maximum Gasteiger partial charge on any atom is 0.293 e. The Morgan fingerprint density at radius 1 is 1.44 bits per heavy atom. The Labute approximate surface area is 153 Å². The summed E-state index contributed by atoms with van der Waals surface area (Å²) in [7, 11) is -2.73. The van der Waals surface area contributed by atoms with Gasteiger partial charge in [-0.15, -0.1) is 12.4 Å². The molecule has 0 heterocycles. The molecule has 1 aliphatic rings. The van der Waals surface area contributed by atoms with E-state index in [1.807, 2.05) is 6.92 Å². The number of hydrogen-bond acceptors (Lipinski definition) is 6. The van der Waals surface area contributed by atoms with Gasteiger partial charge in [-0.3, -0.25) is 10.1 Å². The second kappa shape index (κ2) is 8.31. The molecule has 0 radical (unpaired) electrons. The summed E-state index contributed by atoms with van der Waals surface area (Å²) in [6.45, 7) is 2.11. The summed E-state index contributed by atoms with van der Waals surface area (Å²) in [5.74, 6) is 0.281. The molecule has 0 bridgehead atoms. The Hall–Kier alpha value is -1.42. The molecule has 142 valence electrons. The molecular formula is C15H24ClN3O5S. The van der Waals surface area contributed by atoms with Crippen LogP contribution in [0.4, 0.5) is 5.69 Å². The molecule has 2 unspecified atom stereocenters. The number of halogens is 1. The molecule has 0 aliphatic heterocycles. The predicted octanol–water partition coefficient (Wildman–Crippen LogP) is 2.21. The van der Waals surface area contributed by atoms with E-state index in [0.717, 1.165) is 25.3 Å². The van der Waals surface area contributed by atoms with E-state index in [2.05, 4.69) is 4.72 Å². The van der Waals surface area contributed by atoms with E-state index in [1.165, 1.54) is 19.2 Å². The molecular weight excluding hydrogens is 370 g/mol. The van der Waals surface area contributed by atoms with Crippen molar-refractivity contribution in [2.24, 2.45) is 11.7 Å². The van der Waals surface area contributed by atoms with Crippen molar-refractivity contribution in [3.05, 3.63) is 28.3 Å². The molecule has 25 heavy (non-hydrogen) atoms. The summed E-state index contributed by atoms with van der Waals surface area (Å²) in [5.41, 5.74) is 4.59. The summed E-state index contributed by atoms with van der Waals surface area (Å²) < 4.78 is 33.2. The lowest BCUT2D eigenvalue weighted by atomic mass is 9.74. The molecule has 1 fully saturated rings. The topological polar surface area (TPSA) is 125 Å². The third kappa shape index (κ3) is 4.41. The van der Waals surface area contributed by atoms with E-state index < -0.39 is 26.2 Å². The maximum atomic E-state index is 12.8. The quantitative estimate of drug-likeness (QED) is 0.563. The number of sulfonamides is 1. The average molecular weight is 394 g/mol. The lowest BCUT2D eigenvalue weighted by molar-refractivity contribution is -0.387. The number of ether oxygens (including phenoxy) is 1. The number of nitrogens with one attached hydrogen (secondary N) is 1. The van der Waals surface area contributed by atoms with Gasteiger partial charge < -0.3 is 10.5 Å². The number of hydrogen-bond donors (Lipinski definition) is 2. The molecule has 2 rings (SSSR count). The van der Waals surface area contributed by atoms with Crippen molar-refractivity contribution < 1.29 is 18.1 Å². The number of nitro groups is 1. The average Bonchev–Trinajstić information content (AvgIpc) is 2.56. The molecule has 10 heteroatoms. The third-order valence-corrected chi connectivity index (χ3v) is 6.41. The van der Waals surface area contributed by atoms with Crippen LogP contribution in [0.25, 0.3) is 0 Å². The van der Waals surface area contributed by atoms with Gasteiger partial charge in [0, 0.05) is 12.1 Å². The molecule has 8 nitrogen and oxygen atoms in total.